The molecule has 0 bridgehead atoms. The van der Waals surface area contributed by atoms with Crippen molar-refractivity contribution in [1.82, 2.24) is 0 Å². The van der Waals surface area contributed by atoms with E-state index in [2.05, 4.69) is 0 Å². The van der Waals surface area contributed by atoms with E-state index in [-0.39, 0.29) is 31.0 Å². The predicted molar refractivity (Wildman–Crippen MR) is 80.6 cm³/mol. The lowest BCUT2D eigenvalue weighted by Gasteiger charge is -2.41. The second-order valence-electron chi connectivity index (χ2n) is 6.48. The third-order valence-corrected chi connectivity index (χ3v) is 5.04. The highest BCUT2D eigenvalue weighted by Crippen LogP contribution is 2.45. The number of hydrogen-bond acceptors (Lipinski definition) is 4. The SMILES string of the molecule is O=C1OCCCCCCCC[C@]12C[C@@H](CO)C=C[C@H]2CO. The van der Waals surface area contributed by atoms with Crippen LogP contribution in [0.2, 0.25) is 0 Å². The molecule has 0 aromatic carbocycles. The number of rotatable bonds is 2. The average molecular weight is 296 g/mol. The second kappa shape index (κ2) is 7.95. The van der Waals surface area contributed by atoms with E-state index in [0.29, 0.717) is 13.0 Å². The highest BCUT2D eigenvalue weighted by Gasteiger charge is 2.48. The molecule has 21 heavy (non-hydrogen) atoms. The Hall–Kier alpha value is -0.870. The van der Waals surface area contributed by atoms with Gasteiger partial charge in [-0.05, 0) is 19.3 Å². The van der Waals surface area contributed by atoms with Crippen LogP contribution in [0.15, 0.2) is 12.2 Å². The number of carbonyl (C=O) groups excluding carboxylic acids is 1. The van der Waals surface area contributed by atoms with E-state index in [0.717, 1.165) is 32.1 Å². The lowest BCUT2D eigenvalue weighted by Crippen LogP contribution is -2.45. The van der Waals surface area contributed by atoms with Crippen molar-refractivity contribution in [2.45, 2.75) is 51.4 Å². The average Bonchev–Trinajstić information content (AvgIpc) is 2.55. The number of esters is 1. The first-order chi connectivity index (χ1) is 10.2. The van der Waals surface area contributed by atoms with Gasteiger partial charge in [0.1, 0.15) is 0 Å². The van der Waals surface area contributed by atoms with E-state index in [1.165, 1.54) is 12.8 Å². The summed E-state index contributed by atoms with van der Waals surface area (Å²) in [5.41, 5.74) is -0.652. The van der Waals surface area contributed by atoms with Gasteiger partial charge in [-0.15, -0.1) is 0 Å². The molecular weight excluding hydrogens is 268 g/mol. The van der Waals surface area contributed by atoms with Crippen LogP contribution in [-0.2, 0) is 9.53 Å². The Balaban J connectivity index is 2.21. The number of ether oxygens (including phenoxy) is 1. The van der Waals surface area contributed by atoms with Gasteiger partial charge in [-0.25, -0.2) is 0 Å². The van der Waals surface area contributed by atoms with Crippen molar-refractivity contribution in [1.29, 1.82) is 0 Å². The van der Waals surface area contributed by atoms with Crippen molar-refractivity contribution in [3.63, 3.8) is 0 Å². The molecule has 1 saturated heterocycles. The van der Waals surface area contributed by atoms with Gasteiger partial charge >= 0.3 is 5.97 Å². The number of cyclic esters (lactones) is 1. The molecule has 2 N–H and O–H groups in total. The summed E-state index contributed by atoms with van der Waals surface area (Å²) in [6.07, 6.45) is 11.7. The highest BCUT2D eigenvalue weighted by atomic mass is 16.5. The van der Waals surface area contributed by atoms with E-state index in [1.807, 2.05) is 12.2 Å². The molecule has 0 unspecified atom stereocenters. The minimum atomic E-state index is -0.652. The number of carbonyl (C=O) groups is 1. The topological polar surface area (TPSA) is 66.8 Å². The van der Waals surface area contributed by atoms with Crippen molar-refractivity contribution in [2.24, 2.45) is 17.3 Å². The molecule has 3 atom stereocenters. The lowest BCUT2D eigenvalue weighted by atomic mass is 9.64. The van der Waals surface area contributed by atoms with E-state index >= 15 is 0 Å². The first-order valence-corrected chi connectivity index (χ1v) is 8.30. The van der Waals surface area contributed by atoms with Crippen LogP contribution in [0, 0.1) is 17.3 Å². The summed E-state index contributed by atoms with van der Waals surface area (Å²) in [6.45, 7) is 0.486. The van der Waals surface area contributed by atoms with Crippen LogP contribution in [0.3, 0.4) is 0 Å². The summed E-state index contributed by atoms with van der Waals surface area (Å²) in [5, 5.41) is 19.2. The Morgan fingerprint density at radius 1 is 1.05 bits per heavy atom. The Kier molecular flexibility index (Phi) is 6.24. The molecule has 0 radical (unpaired) electrons. The Morgan fingerprint density at radius 3 is 2.48 bits per heavy atom. The third-order valence-electron chi connectivity index (χ3n) is 5.04. The largest absolute Gasteiger partial charge is 0.465 e. The first-order valence-electron chi connectivity index (χ1n) is 8.30. The van der Waals surface area contributed by atoms with Crippen molar-refractivity contribution in [3.8, 4) is 0 Å². The predicted octanol–water partition coefficient (Wildman–Crippen LogP) is 2.44. The summed E-state index contributed by atoms with van der Waals surface area (Å²) in [7, 11) is 0. The first kappa shape index (κ1) is 16.5. The van der Waals surface area contributed by atoms with E-state index in [9.17, 15) is 15.0 Å². The summed E-state index contributed by atoms with van der Waals surface area (Å²) >= 11 is 0. The molecule has 2 rings (SSSR count). The summed E-state index contributed by atoms with van der Waals surface area (Å²) < 4.78 is 5.53. The fourth-order valence-electron chi connectivity index (χ4n) is 3.71. The zero-order valence-corrected chi connectivity index (χ0v) is 12.8. The van der Waals surface area contributed by atoms with Crippen LogP contribution in [-0.4, -0.2) is 36.0 Å². The summed E-state index contributed by atoms with van der Waals surface area (Å²) in [4.78, 5) is 12.7. The summed E-state index contributed by atoms with van der Waals surface area (Å²) in [6, 6.07) is 0. The Morgan fingerprint density at radius 2 is 1.76 bits per heavy atom. The third kappa shape index (κ3) is 3.86. The van der Waals surface area contributed by atoms with Gasteiger partial charge in [0, 0.05) is 18.4 Å². The van der Waals surface area contributed by atoms with Gasteiger partial charge in [0.05, 0.1) is 18.6 Å². The molecule has 4 heteroatoms. The van der Waals surface area contributed by atoms with Gasteiger partial charge in [-0.3, -0.25) is 4.79 Å². The normalized spacial score (nSPS) is 35.2. The molecule has 0 aromatic rings. The van der Waals surface area contributed by atoms with Crippen molar-refractivity contribution in [3.05, 3.63) is 12.2 Å². The van der Waals surface area contributed by atoms with Crippen molar-refractivity contribution in [2.75, 3.05) is 19.8 Å². The molecule has 0 amide bonds. The lowest BCUT2D eigenvalue weighted by molar-refractivity contribution is -0.162. The monoisotopic (exact) mass is 296 g/mol. The quantitative estimate of drug-likeness (QED) is 0.607. The summed E-state index contributed by atoms with van der Waals surface area (Å²) in [5.74, 6) is -0.370. The minimum Gasteiger partial charge on any atom is -0.465 e. The molecule has 1 aliphatic heterocycles. The number of aliphatic hydroxyl groups is 2. The zero-order chi connectivity index (χ0) is 15.1. The molecule has 0 aromatic heterocycles. The fraction of sp³-hybridized carbons (Fsp3) is 0.824. The Bertz CT molecular complexity index is 366. The molecule has 1 fully saturated rings. The molecule has 120 valence electrons. The molecule has 1 heterocycles. The standard InChI is InChI=1S/C17H28O4/c18-12-14-7-8-15(13-19)17(11-14)9-5-3-1-2-4-6-10-21-16(17)20/h7-8,14-15,18-19H,1-6,9-13H2/t14-,15-,17+/m0/s1. The van der Waals surface area contributed by atoms with Gasteiger partial charge in [0.25, 0.3) is 0 Å². The molecule has 0 saturated carbocycles. The van der Waals surface area contributed by atoms with Gasteiger partial charge in [0.2, 0.25) is 0 Å². The molecule has 1 aliphatic carbocycles. The molecular formula is C17H28O4. The zero-order valence-electron chi connectivity index (χ0n) is 12.8. The fourth-order valence-corrected chi connectivity index (χ4v) is 3.71. The van der Waals surface area contributed by atoms with Crippen LogP contribution < -0.4 is 0 Å². The van der Waals surface area contributed by atoms with Gasteiger partial charge in [0.15, 0.2) is 0 Å². The maximum Gasteiger partial charge on any atom is 0.312 e. The molecule has 4 nitrogen and oxygen atoms in total. The van der Waals surface area contributed by atoms with E-state index in [4.69, 9.17) is 4.74 Å². The highest BCUT2D eigenvalue weighted by molar-refractivity contribution is 5.78. The van der Waals surface area contributed by atoms with Crippen LogP contribution in [0.5, 0.6) is 0 Å². The number of hydrogen-bond donors (Lipinski definition) is 2. The van der Waals surface area contributed by atoms with E-state index in [1.54, 1.807) is 0 Å². The van der Waals surface area contributed by atoms with Crippen molar-refractivity contribution < 1.29 is 19.7 Å². The molecule has 1 spiro atoms. The maximum absolute atomic E-state index is 12.7. The van der Waals surface area contributed by atoms with Gasteiger partial charge in [-0.2, -0.15) is 0 Å². The van der Waals surface area contributed by atoms with Crippen molar-refractivity contribution >= 4 is 5.97 Å². The van der Waals surface area contributed by atoms with Gasteiger partial charge < -0.3 is 14.9 Å². The van der Waals surface area contributed by atoms with Gasteiger partial charge in [-0.1, -0.05) is 44.3 Å². The minimum absolute atomic E-state index is 0.00882. The second-order valence-corrected chi connectivity index (χ2v) is 6.48. The van der Waals surface area contributed by atoms with Crippen LogP contribution in [0.4, 0.5) is 0 Å². The van der Waals surface area contributed by atoms with Crippen LogP contribution in [0.1, 0.15) is 51.4 Å². The van der Waals surface area contributed by atoms with E-state index < -0.39 is 5.41 Å². The molecule has 2 aliphatic rings. The van der Waals surface area contributed by atoms with Crippen LogP contribution in [0.25, 0.3) is 0 Å². The van der Waals surface area contributed by atoms with Crippen LogP contribution >= 0.6 is 0 Å². The smallest absolute Gasteiger partial charge is 0.312 e. The number of aliphatic hydroxyl groups excluding tert-OH is 2. The maximum atomic E-state index is 12.7. The Labute approximate surface area is 127 Å².